The molecule has 0 aromatic heterocycles. The van der Waals surface area contributed by atoms with Gasteiger partial charge in [-0.2, -0.15) is 0 Å². The Morgan fingerprint density at radius 1 is 1.08 bits per heavy atom. The van der Waals surface area contributed by atoms with E-state index in [4.69, 9.17) is 0 Å². The van der Waals surface area contributed by atoms with E-state index in [9.17, 15) is 14.0 Å². The molecular weight excluding hydrogens is 309 g/mol. The van der Waals surface area contributed by atoms with Gasteiger partial charge in [-0.15, -0.1) is 0 Å². The molecule has 0 radical (unpaired) electrons. The Balaban J connectivity index is 2.24. The predicted octanol–water partition coefficient (Wildman–Crippen LogP) is 2.99. The summed E-state index contributed by atoms with van der Waals surface area (Å²) in [7, 11) is 0. The first kappa shape index (κ1) is 19.9. The standard InChI is InChI=1S/C18H28FN3O2/c1-12(2)5-7-14(4)22-18(24)21-10-9-20-17(23)15-8-6-13(3)16(19)11-15/h6,8,11-12,14H,5,7,9-10H2,1-4H3,(H,20,23)(H2,21,22,24). The van der Waals surface area contributed by atoms with E-state index in [1.54, 1.807) is 19.1 Å². The van der Waals surface area contributed by atoms with Crippen LogP contribution in [0.15, 0.2) is 18.2 Å². The Morgan fingerprint density at radius 3 is 2.38 bits per heavy atom. The average molecular weight is 337 g/mol. The molecule has 0 saturated heterocycles. The molecule has 1 rings (SSSR count). The van der Waals surface area contributed by atoms with Crippen LogP contribution in [0.5, 0.6) is 0 Å². The number of hydrogen-bond acceptors (Lipinski definition) is 2. The molecule has 1 aromatic carbocycles. The van der Waals surface area contributed by atoms with Crippen molar-refractivity contribution in [2.24, 2.45) is 5.92 Å². The molecule has 0 bridgehead atoms. The van der Waals surface area contributed by atoms with Gasteiger partial charge in [-0.25, -0.2) is 9.18 Å². The highest BCUT2D eigenvalue weighted by molar-refractivity contribution is 5.94. The van der Waals surface area contributed by atoms with Crippen LogP contribution in [0, 0.1) is 18.7 Å². The number of halogens is 1. The number of benzene rings is 1. The molecule has 0 aliphatic heterocycles. The molecule has 1 unspecified atom stereocenters. The summed E-state index contributed by atoms with van der Waals surface area (Å²) in [6.45, 7) is 8.49. The number of amides is 3. The van der Waals surface area contributed by atoms with Crippen LogP contribution in [-0.4, -0.2) is 31.1 Å². The lowest BCUT2D eigenvalue weighted by molar-refractivity contribution is 0.0953. The molecule has 0 aliphatic carbocycles. The summed E-state index contributed by atoms with van der Waals surface area (Å²) in [6, 6.07) is 4.21. The molecule has 1 atom stereocenters. The normalized spacial score (nSPS) is 11.9. The zero-order chi connectivity index (χ0) is 18.1. The Labute approximate surface area is 143 Å². The predicted molar refractivity (Wildman–Crippen MR) is 93.5 cm³/mol. The van der Waals surface area contributed by atoms with Crippen LogP contribution in [0.2, 0.25) is 0 Å². The lowest BCUT2D eigenvalue weighted by Gasteiger charge is -2.15. The van der Waals surface area contributed by atoms with Crippen molar-refractivity contribution in [3.63, 3.8) is 0 Å². The highest BCUT2D eigenvalue weighted by atomic mass is 19.1. The second kappa shape index (κ2) is 9.90. The third-order valence-corrected chi connectivity index (χ3v) is 3.68. The molecule has 6 heteroatoms. The van der Waals surface area contributed by atoms with E-state index >= 15 is 0 Å². The van der Waals surface area contributed by atoms with E-state index in [-0.39, 0.29) is 30.1 Å². The van der Waals surface area contributed by atoms with E-state index < -0.39 is 5.82 Å². The van der Waals surface area contributed by atoms with Gasteiger partial charge in [0.1, 0.15) is 5.82 Å². The molecule has 0 aliphatic rings. The zero-order valence-electron chi connectivity index (χ0n) is 14.9. The smallest absolute Gasteiger partial charge is 0.315 e. The van der Waals surface area contributed by atoms with E-state index in [1.165, 1.54) is 6.07 Å². The number of urea groups is 1. The second-order valence-corrected chi connectivity index (χ2v) is 6.49. The fourth-order valence-corrected chi connectivity index (χ4v) is 2.12. The summed E-state index contributed by atoms with van der Waals surface area (Å²) in [6.07, 6.45) is 1.99. The van der Waals surface area contributed by atoms with Crippen LogP contribution in [0.25, 0.3) is 0 Å². The first-order valence-electron chi connectivity index (χ1n) is 8.38. The molecule has 0 saturated carbocycles. The molecule has 24 heavy (non-hydrogen) atoms. The number of carbonyl (C=O) groups excluding carboxylic acids is 2. The third kappa shape index (κ3) is 7.44. The first-order chi connectivity index (χ1) is 11.3. The summed E-state index contributed by atoms with van der Waals surface area (Å²) in [5, 5.41) is 8.19. The number of carbonyl (C=O) groups is 2. The van der Waals surface area contributed by atoms with Crippen molar-refractivity contribution in [1.82, 2.24) is 16.0 Å². The fraction of sp³-hybridized carbons (Fsp3) is 0.556. The average Bonchev–Trinajstić information content (AvgIpc) is 2.52. The molecule has 134 valence electrons. The van der Waals surface area contributed by atoms with Gasteiger partial charge in [0.15, 0.2) is 0 Å². The van der Waals surface area contributed by atoms with Gasteiger partial charge < -0.3 is 16.0 Å². The summed E-state index contributed by atoms with van der Waals surface area (Å²) in [5.41, 5.74) is 0.765. The van der Waals surface area contributed by atoms with Crippen LogP contribution in [0.3, 0.4) is 0 Å². The van der Waals surface area contributed by atoms with E-state index in [0.29, 0.717) is 18.0 Å². The molecule has 0 heterocycles. The van der Waals surface area contributed by atoms with Gasteiger partial charge in [0.05, 0.1) is 0 Å². The van der Waals surface area contributed by atoms with Crippen molar-refractivity contribution >= 4 is 11.9 Å². The first-order valence-corrected chi connectivity index (χ1v) is 8.38. The van der Waals surface area contributed by atoms with Crippen molar-refractivity contribution in [3.8, 4) is 0 Å². The lowest BCUT2D eigenvalue weighted by Crippen LogP contribution is -2.43. The maximum absolute atomic E-state index is 13.4. The largest absolute Gasteiger partial charge is 0.350 e. The van der Waals surface area contributed by atoms with Crippen molar-refractivity contribution in [3.05, 3.63) is 35.1 Å². The number of rotatable bonds is 8. The molecule has 5 nitrogen and oxygen atoms in total. The number of aryl methyl sites for hydroxylation is 1. The Bertz CT molecular complexity index is 561. The van der Waals surface area contributed by atoms with Gasteiger partial charge in [-0.3, -0.25) is 4.79 Å². The fourth-order valence-electron chi connectivity index (χ4n) is 2.12. The molecule has 0 fully saturated rings. The second-order valence-electron chi connectivity index (χ2n) is 6.49. The quantitative estimate of drug-likeness (QED) is 0.638. The Morgan fingerprint density at radius 2 is 1.75 bits per heavy atom. The molecular formula is C18H28FN3O2. The lowest BCUT2D eigenvalue weighted by atomic mass is 10.0. The van der Waals surface area contributed by atoms with Crippen molar-refractivity contribution in [2.45, 2.75) is 46.6 Å². The summed E-state index contributed by atoms with van der Waals surface area (Å²) in [5.74, 6) is -0.156. The Kier molecular flexibility index (Phi) is 8.22. The van der Waals surface area contributed by atoms with Crippen molar-refractivity contribution in [2.75, 3.05) is 13.1 Å². The zero-order valence-corrected chi connectivity index (χ0v) is 14.9. The van der Waals surface area contributed by atoms with Crippen LogP contribution in [-0.2, 0) is 0 Å². The van der Waals surface area contributed by atoms with E-state index in [0.717, 1.165) is 12.8 Å². The topological polar surface area (TPSA) is 70.2 Å². The van der Waals surface area contributed by atoms with Crippen LogP contribution < -0.4 is 16.0 Å². The van der Waals surface area contributed by atoms with E-state index in [1.807, 2.05) is 6.92 Å². The number of nitrogens with one attached hydrogen (secondary N) is 3. The van der Waals surface area contributed by atoms with Gasteiger partial charge in [0, 0.05) is 24.7 Å². The third-order valence-electron chi connectivity index (χ3n) is 3.68. The molecule has 0 spiro atoms. The SMILES string of the molecule is Cc1ccc(C(=O)NCCNC(=O)NC(C)CCC(C)C)cc1F. The van der Waals surface area contributed by atoms with Gasteiger partial charge in [0.25, 0.3) is 5.91 Å². The monoisotopic (exact) mass is 337 g/mol. The maximum Gasteiger partial charge on any atom is 0.315 e. The van der Waals surface area contributed by atoms with Crippen LogP contribution in [0.4, 0.5) is 9.18 Å². The minimum atomic E-state index is -0.407. The molecule has 3 N–H and O–H groups in total. The molecule has 1 aromatic rings. The van der Waals surface area contributed by atoms with Gasteiger partial charge >= 0.3 is 6.03 Å². The summed E-state index contributed by atoms with van der Waals surface area (Å²) < 4.78 is 13.4. The highest BCUT2D eigenvalue weighted by Crippen LogP contribution is 2.09. The van der Waals surface area contributed by atoms with Crippen molar-refractivity contribution < 1.29 is 14.0 Å². The minimum Gasteiger partial charge on any atom is -0.350 e. The van der Waals surface area contributed by atoms with Crippen LogP contribution in [0.1, 0.15) is 49.5 Å². The maximum atomic E-state index is 13.4. The van der Waals surface area contributed by atoms with E-state index in [2.05, 4.69) is 29.8 Å². The van der Waals surface area contributed by atoms with Crippen molar-refractivity contribution in [1.29, 1.82) is 0 Å². The van der Waals surface area contributed by atoms with Gasteiger partial charge in [-0.1, -0.05) is 19.9 Å². The molecule has 3 amide bonds. The van der Waals surface area contributed by atoms with Gasteiger partial charge in [-0.05, 0) is 50.3 Å². The van der Waals surface area contributed by atoms with Gasteiger partial charge in [0.2, 0.25) is 0 Å². The summed E-state index contributed by atoms with van der Waals surface area (Å²) in [4.78, 5) is 23.6. The Hall–Kier alpha value is -2.11. The minimum absolute atomic E-state index is 0.109. The van der Waals surface area contributed by atoms with Crippen LogP contribution >= 0.6 is 0 Å². The highest BCUT2D eigenvalue weighted by Gasteiger charge is 2.09. The summed E-state index contributed by atoms with van der Waals surface area (Å²) >= 11 is 0. The number of hydrogen-bond donors (Lipinski definition) is 3.